The van der Waals surface area contributed by atoms with E-state index in [1.54, 1.807) is 6.20 Å². The molecular weight excluding hydrogens is 368 g/mol. The van der Waals surface area contributed by atoms with Crippen molar-refractivity contribution in [2.45, 2.75) is 32.7 Å². The molecule has 0 spiro atoms. The van der Waals surface area contributed by atoms with Crippen LogP contribution in [0.4, 0.5) is 5.82 Å². The van der Waals surface area contributed by atoms with Gasteiger partial charge in [-0.1, -0.05) is 29.8 Å². The van der Waals surface area contributed by atoms with E-state index in [-0.39, 0.29) is 17.9 Å². The molecule has 0 unspecified atom stereocenters. The molecule has 150 valence electrons. The van der Waals surface area contributed by atoms with Gasteiger partial charge in [0.05, 0.1) is 11.3 Å². The predicted molar refractivity (Wildman–Crippen MR) is 113 cm³/mol. The Bertz CT molecular complexity index is 1070. The summed E-state index contributed by atoms with van der Waals surface area (Å²) in [7, 11) is 0. The quantitative estimate of drug-likeness (QED) is 0.498. The Kier molecular flexibility index (Phi) is 5.41. The molecule has 0 fully saturated rings. The number of benzene rings is 1. The Morgan fingerprint density at radius 3 is 2.55 bits per heavy atom. The first kappa shape index (κ1) is 20.1. The van der Waals surface area contributed by atoms with E-state index in [0.717, 1.165) is 45.6 Å². The van der Waals surface area contributed by atoms with E-state index >= 15 is 0 Å². The van der Waals surface area contributed by atoms with E-state index in [1.165, 1.54) is 0 Å². The van der Waals surface area contributed by atoms with Crippen LogP contribution in [-0.4, -0.2) is 33.0 Å². The Morgan fingerprint density at radius 1 is 1.17 bits per heavy atom. The number of nitrogens with two attached hydrogens (primary N) is 1. The van der Waals surface area contributed by atoms with Gasteiger partial charge < -0.3 is 21.1 Å². The van der Waals surface area contributed by atoms with Crippen molar-refractivity contribution >= 4 is 18.2 Å². The Hall–Kier alpha value is -3.61. The zero-order valence-electron chi connectivity index (χ0n) is 16.6. The van der Waals surface area contributed by atoms with E-state index in [1.807, 2.05) is 38.1 Å². The van der Waals surface area contributed by atoms with Crippen molar-refractivity contribution in [3.8, 4) is 22.4 Å². The number of fused-ring (bicyclic) bond motifs is 1. The summed E-state index contributed by atoms with van der Waals surface area (Å²) in [5.74, 6) is 0.410. The average Bonchev–Trinajstić information content (AvgIpc) is 3.01. The molecule has 0 atom stereocenters. The third-order valence-electron chi connectivity index (χ3n) is 4.75. The number of carboxylic acid groups (broad SMARTS) is 1. The van der Waals surface area contributed by atoms with Gasteiger partial charge in [0.15, 0.2) is 0 Å². The van der Waals surface area contributed by atoms with Gasteiger partial charge in [-0.2, -0.15) is 0 Å². The number of nitrogens with zero attached hydrogens (tertiary/aromatic N) is 1. The number of anilines is 1. The van der Waals surface area contributed by atoms with Crippen molar-refractivity contribution in [2.75, 3.05) is 5.73 Å². The zero-order chi connectivity index (χ0) is 21.2. The molecule has 1 aliphatic rings. The van der Waals surface area contributed by atoms with Crippen molar-refractivity contribution in [1.82, 2.24) is 15.3 Å². The third kappa shape index (κ3) is 4.13. The fourth-order valence-electron chi connectivity index (χ4n) is 3.70. The van der Waals surface area contributed by atoms with Gasteiger partial charge in [0.1, 0.15) is 5.82 Å². The highest BCUT2D eigenvalue weighted by Gasteiger charge is 2.35. The normalized spacial score (nSPS) is 14.2. The number of hydrogen-bond acceptors (Lipinski definition) is 4. The maximum atomic E-state index is 12.9. The molecule has 0 bridgehead atoms. The van der Waals surface area contributed by atoms with Gasteiger partial charge in [0.2, 0.25) is 0 Å². The van der Waals surface area contributed by atoms with E-state index < -0.39 is 0 Å². The van der Waals surface area contributed by atoms with E-state index in [2.05, 4.69) is 34.3 Å². The molecule has 2 aromatic heterocycles. The maximum absolute atomic E-state index is 12.9. The molecule has 0 radical (unpaired) electrons. The van der Waals surface area contributed by atoms with E-state index in [9.17, 15) is 4.79 Å². The zero-order valence-corrected chi connectivity index (χ0v) is 16.6. The number of aromatic amines is 1. The topological polar surface area (TPSA) is 121 Å². The lowest BCUT2D eigenvalue weighted by atomic mass is 9.88. The van der Waals surface area contributed by atoms with Crippen molar-refractivity contribution in [2.24, 2.45) is 0 Å². The summed E-state index contributed by atoms with van der Waals surface area (Å²) in [6.07, 6.45) is 2.43. The molecule has 3 heterocycles. The SMILES string of the molecule is Cc1cccc(-c2c(-c3ccnc(N)c3)[nH]c3c2C(=O)NC(C)(C)C3)c1.O=CO. The highest BCUT2D eigenvalue weighted by Crippen LogP contribution is 2.40. The molecule has 4 rings (SSSR count). The number of aromatic nitrogens is 2. The number of H-pyrrole nitrogens is 1. The summed E-state index contributed by atoms with van der Waals surface area (Å²) >= 11 is 0. The van der Waals surface area contributed by atoms with Crippen LogP contribution in [0.25, 0.3) is 22.4 Å². The van der Waals surface area contributed by atoms with Crippen LogP contribution >= 0.6 is 0 Å². The van der Waals surface area contributed by atoms with Crippen molar-refractivity contribution in [3.63, 3.8) is 0 Å². The Morgan fingerprint density at radius 2 is 1.90 bits per heavy atom. The number of amides is 1. The van der Waals surface area contributed by atoms with Crippen LogP contribution in [-0.2, 0) is 11.2 Å². The first-order valence-electron chi connectivity index (χ1n) is 9.20. The summed E-state index contributed by atoms with van der Waals surface area (Å²) in [4.78, 5) is 28.9. The fourth-order valence-corrected chi connectivity index (χ4v) is 3.70. The van der Waals surface area contributed by atoms with Gasteiger partial charge in [0, 0.05) is 35.0 Å². The highest BCUT2D eigenvalue weighted by atomic mass is 16.3. The minimum Gasteiger partial charge on any atom is -0.483 e. The molecule has 0 saturated heterocycles. The number of nitrogen functional groups attached to an aromatic ring is 1. The van der Waals surface area contributed by atoms with Crippen molar-refractivity contribution in [1.29, 1.82) is 0 Å². The molecule has 1 aromatic carbocycles. The lowest BCUT2D eigenvalue weighted by molar-refractivity contribution is -0.122. The van der Waals surface area contributed by atoms with E-state index in [0.29, 0.717) is 5.82 Å². The van der Waals surface area contributed by atoms with Gasteiger partial charge in [-0.05, 0) is 38.5 Å². The summed E-state index contributed by atoms with van der Waals surface area (Å²) in [6.45, 7) is 5.87. The van der Waals surface area contributed by atoms with Crippen LogP contribution < -0.4 is 11.1 Å². The van der Waals surface area contributed by atoms with Gasteiger partial charge in [-0.3, -0.25) is 9.59 Å². The van der Waals surface area contributed by atoms with Crippen LogP contribution in [0.3, 0.4) is 0 Å². The first-order valence-corrected chi connectivity index (χ1v) is 9.20. The van der Waals surface area contributed by atoms with Gasteiger partial charge in [-0.15, -0.1) is 0 Å². The second-order valence-electron chi connectivity index (χ2n) is 7.69. The lowest BCUT2D eigenvalue weighted by Gasteiger charge is -2.31. The summed E-state index contributed by atoms with van der Waals surface area (Å²) < 4.78 is 0. The van der Waals surface area contributed by atoms with Gasteiger partial charge in [0.25, 0.3) is 12.4 Å². The fraction of sp³-hybridized carbons (Fsp3) is 0.227. The summed E-state index contributed by atoms with van der Waals surface area (Å²) in [5, 5.41) is 10.0. The van der Waals surface area contributed by atoms with Gasteiger partial charge >= 0.3 is 0 Å². The smallest absolute Gasteiger partial charge is 0.290 e. The largest absolute Gasteiger partial charge is 0.483 e. The Labute approximate surface area is 169 Å². The maximum Gasteiger partial charge on any atom is 0.290 e. The molecule has 1 aliphatic heterocycles. The average molecular weight is 392 g/mol. The molecule has 3 aromatic rings. The molecule has 0 aliphatic carbocycles. The molecule has 7 heteroatoms. The number of aryl methyl sites for hydroxylation is 1. The predicted octanol–water partition coefficient (Wildman–Crippen LogP) is 3.40. The van der Waals surface area contributed by atoms with Crippen LogP contribution in [0, 0.1) is 6.92 Å². The molecule has 0 saturated carbocycles. The Balaban J connectivity index is 0.000000755. The number of pyridine rings is 1. The molecular formula is C22H24N4O3. The standard InChI is InChI=1S/C21H22N4O.CH2O2/c1-12-5-4-6-13(9-12)17-18-15(11-21(2,3)25-20(18)26)24-19(17)14-7-8-23-16(22)10-14;2-1-3/h4-10,24H,11H2,1-3H3,(H2,22,23)(H,25,26);1H,(H,2,3). The van der Waals surface area contributed by atoms with Crippen LogP contribution in [0.15, 0.2) is 42.6 Å². The molecule has 5 N–H and O–H groups in total. The number of carbonyl (C=O) groups is 2. The summed E-state index contributed by atoms with van der Waals surface area (Å²) in [5.41, 5.74) is 12.2. The van der Waals surface area contributed by atoms with Crippen molar-refractivity contribution < 1.29 is 14.7 Å². The monoisotopic (exact) mass is 392 g/mol. The van der Waals surface area contributed by atoms with Crippen molar-refractivity contribution in [3.05, 3.63) is 59.4 Å². The lowest BCUT2D eigenvalue weighted by Crippen LogP contribution is -2.49. The number of carbonyl (C=O) groups excluding carboxylic acids is 1. The summed E-state index contributed by atoms with van der Waals surface area (Å²) in [6, 6.07) is 12.0. The molecule has 29 heavy (non-hydrogen) atoms. The van der Waals surface area contributed by atoms with Gasteiger partial charge in [-0.25, -0.2) is 4.98 Å². The molecule has 7 nitrogen and oxygen atoms in total. The second-order valence-corrected chi connectivity index (χ2v) is 7.69. The minimum atomic E-state index is -0.284. The molecule has 1 amide bonds. The van der Waals surface area contributed by atoms with E-state index in [4.69, 9.17) is 15.6 Å². The first-order chi connectivity index (χ1) is 13.8. The van der Waals surface area contributed by atoms with Crippen LogP contribution in [0.5, 0.6) is 0 Å². The highest BCUT2D eigenvalue weighted by molar-refractivity contribution is 6.07. The number of rotatable bonds is 2. The van der Waals surface area contributed by atoms with Crippen LogP contribution in [0.1, 0.15) is 35.5 Å². The minimum absolute atomic E-state index is 0.0442. The second kappa shape index (κ2) is 7.79. The number of hydrogen-bond donors (Lipinski definition) is 4. The van der Waals surface area contributed by atoms with Crippen LogP contribution in [0.2, 0.25) is 0 Å². The third-order valence-corrected chi connectivity index (χ3v) is 4.75. The number of nitrogens with one attached hydrogen (secondary N) is 2.